The van der Waals surface area contributed by atoms with Gasteiger partial charge in [0.1, 0.15) is 0 Å². The topological polar surface area (TPSA) is 76.7 Å². The Morgan fingerprint density at radius 3 is 2.78 bits per heavy atom. The van der Waals surface area contributed by atoms with Gasteiger partial charge in [-0.1, -0.05) is 23.9 Å². The number of aromatic amines is 1. The lowest BCUT2D eigenvalue weighted by atomic mass is 10.2. The molecule has 0 atom stereocenters. The van der Waals surface area contributed by atoms with Crippen LogP contribution in [0.3, 0.4) is 0 Å². The fraction of sp³-hybridized carbons (Fsp3) is 0.333. The maximum absolute atomic E-state index is 11.4. The lowest BCUT2D eigenvalue weighted by Gasteiger charge is -2.03. The van der Waals surface area contributed by atoms with Crippen molar-refractivity contribution in [3.05, 3.63) is 40.3 Å². The minimum atomic E-state index is -0.146. The molecule has 0 bridgehead atoms. The number of nitrogens with zero attached hydrogens (tertiary/aromatic N) is 2. The van der Waals surface area contributed by atoms with Gasteiger partial charge in [0.2, 0.25) is 0 Å². The second-order valence-corrected chi connectivity index (χ2v) is 4.96. The quantitative estimate of drug-likeness (QED) is 0.634. The maximum Gasteiger partial charge on any atom is 0.343 e. The first-order valence-corrected chi connectivity index (χ1v) is 6.81. The van der Waals surface area contributed by atoms with Crippen molar-refractivity contribution in [1.82, 2.24) is 14.8 Å². The Kier molecular flexibility index (Phi) is 4.09. The number of anilines is 1. The molecule has 18 heavy (non-hydrogen) atoms. The minimum Gasteiger partial charge on any atom is -0.399 e. The highest BCUT2D eigenvalue weighted by Gasteiger charge is 2.06. The van der Waals surface area contributed by atoms with Gasteiger partial charge in [-0.3, -0.25) is 4.57 Å². The molecule has 0 aliphatic carbocycles. The molecule has 0 radical (unpaired) electrons. The summed E-state index contributed by atoms with van der Waals surface area (Å²) < 4.78 is 1.63. The van der Waals surface area contributed by atoms with Gasteiger partial charge in [-0.2, -0.15) is 0 Å². The van der Waals surface area contributed by atoms with E-state index in [1.54, 1.807) is 16.3 Å². The number of aryl methyl sites for hydroxylation is 1. The van der Waals surface area contributed by atoms with Gasteiger partial charge in [-0.15, -0.1) is 5.10 Å². The molecule has 3 N–H and O–H groups in total. The predicted molar refractivity (Wildman–Crippen MR) is 73.8 cm³/mol. The number of H-pyrrole nitrogens is 1. The molecular weight excluding hydrogens is 248 g/mol. The number of aromatic nitrogens is 3. The van der Waals surface area contributed by atoms with Crippen LogP contribution in [-0.4, -0.2) is 20.5 Å². The zero-order chi connectivity index (χ0) is 13.0. The number of hydrogen-bond acceptors (Lipinski definition) is 4. The zero-order valence-corrected chi connectivity index (χ0v) is 11.0. The summed E-state index contributed by atoms with van der Waals surface area (Å²) in [4.78, 5) is 11.4. The van der Waals surface area contributed by atoms with Crippen molar-refractivity contribution < 1.29 is 0 Å². The molecule has 1 aromatic carbocycles. The third-order valence-corrected chi connectivity index (χ3v) is 3.62. The Morgan fingerprint density at radius 1 is 1.39 bits per heavy atom. The van der Waals surface area contributed by atoms with Gasteiger partial charge in [-0.25, -0.2) is 9.89 Å². The van der Waals surface area contributed by atoms with Crippen LogP contribution in [0.1, 0.15) is 12.5 Å². The normalized spacial score (nSPS) is 10.7. The summed E-state index contributed by atoms with van der Waals surface area (Å²) in [5.41, 5.74) is 7.49. The first-order valence-electron chi connectivity index (χ1n) is 5.83. The number of nitrogens with two attached hydrogens (primary N) is 1. The number of hydrogen-bond donors (Lipinski definition) is 2. The van der Waals surface area contributed by atoms with Gasteiger partial charge in [0.25, 0.3) is 0 Å². The molecule has 0 amide bonds. The second kappa shape index (κ2) is 5.77. The maximum atomic E-state index is 11.4. The van der Waals surface area contributed by atoms with Crippen LogP contribution in [0.25, 0.3) is 0 Å². The van der Waals surface area contributed by atoms with E-state index in [0.29, 0.717) is 6.54 Å². The van der Waals surface area contributed by atoms with Crippen molar-refractivity contribution in [3.8, 4) is 0 Å². The zero-order valence-electron chi connectivity index (χ0n) is 10.2. The van der Waals surface area contributed by atoms with Crippen LogP contribution in [0.4, 0.5) is 5.69 Å². The Morgan fingerprint density at radius 2 is 2.11 bits per heavy atom. The van der Waals surface area contributed by atoms with Crippen molar-refractivity contribution in [2.24, 2.45) is 0 Å². The fourth-order valence-electron chi connectivity index (χ4n) is 1.64. The number of rotatable bonds is 5. The number of benzene rings is 1. The van der Waals surface area contributed by atoms with Crippen LogP contribution < -0.4 is 11.4 Å². The molecular formula is C12H16N4OS. The largest absolute Gasteiger partial charge is 0.399 e. The summed E-state index contributed by atoms with van der Waals surface area (Å²) in [7, 11) is 0. The number of thioether (sulfide) groups is 1. The van der Waals surface area contributed by atoms with Crippen LogP contribution in [0.2, 0.25) is 0 Å². The van der Waals surface area contributed by atoms with E-state index in [2.05, 4.69) is 10.2 Å². The van der Waals surface area contributed by atoms with Crippen molar-refractivity contribution >= 4 is 17.4 Å². The highest BCUT2D eigenvalue weighted by Crippen LogP contribution is 2.15. The van der Waals surface area contributed by atoms with E-state index < -0.39 is 0 Å². The molecule has 0 unspecified atom stereocenters. The SMILES string of the molecule is CCn1c(SCCc2ccc(N)cc2)n[nH]c1=O. The van der Waals surface area contributed by atoms with E-state index in [1.807, 2.05) is 31.2 Å². The molecule has 0 saturated heterocycles. The summed E-state index contributed by atoms with van der Waals surface area (Å²) in [5.74, 6) is 0.883. The molecule has 0 aliphatic rings. The Bertz CT molecular complexity index is 558. The smallest absolute Gasteiger partial charge is 0.343 e. The third kappa shape index (κ3) is 2.95. The third-order valence-electron chi connectivity index (χ3n) is 2.64. The number of nitrogen functional groups attached to an aromatic ring is 1. The summed E-state index contributed by atoms with van der Waals surface area (Å²) in [6, 6.07) is 7.84. The lowest BCUT2D eigenvalue weighted by Crippen LogP contribution is -2.16. The van der Waals surface area contributed by atoms with E-state index in [1.165, 1.54) is 5.56 Å². The monoisotopic (exact) mass is 264 g/mol. The summed E-state index contributed by atoms with van der Waals surface area (Å²) >= 11 is 1.58. The van der Waals surface area contributed by atoms with Crippen molar-refractivity contribution in [2.75, 3.05) is 11.5 Å². The second-order valence-electron chi connectivity index (χ2n) is 3.90. The van der Waals surface area contributed by atoms with Crippen molar-refractivity contribution in [3.63, 3.8) is 0 Å². The first kappa shape index (κ1) is 12.8. The van der Waals surface area contributed by atoms with Crippen LogP contribution in [0.5, 0.6) is 0 Å². The predicted octanol–water partition coefficient (Wildman–Crippen LogP) is 1.51. The molecule has 1 aromatic heterocycles. The standard InChI is InChI=1S/C12H16N4OS/c1-2-16-11(17)14-15-12(16)18-8-7-9-3-5-10(13)6-4-9/h3-6H,2,7-8,13H2,1H3,(H,14,17). The Hall–Kier alpha value is -1.69. The highest BCUT2D eigenvalue weighted by molar-refractivity contribution is 7.99. The van der Waals surface area contributed by atoms with Crippen LogP contribution in [0, 0.1) is 0 Å². The average molecular weight is 264 g/mol. The Balaban J connectivity index is 1.92. The summed E-state index contributed by atoms with van der Waals surface area (Å²) in [6.07, 6.45) is 0.926. The average Bonchev–Trinajstić information content (AvgIpc) is 2.72. The molecule has 0 spiro atoms. The van der Waals surface area contributed by atoms with Gasteiger partial charge in [-0.05, 0) is 31.0 Å². The Labute approximate surface area is 109 Å². The molecule has 0 saturated carbocycles. The first-order chi connectivity index (χ1) is 8.70. The highest BCUT2D eigenvalue weighted by atomic mass is 32.2. The molecule has 6 heteroatoms. The summed E-state index contributed by atoms with van der Waals surface area (Å²) in [5, 5.41) is 7.21. The van der Waals surface area contributed by atoms with Gasteiger partial charge < -0.3 is 5.73 Å². The van der Waals surface area contributed by atoms with Crippen LogP contribution in [0.15, 0.2) is 34.2 Å². The molecule has 2 aromatic rings. The molecule has 96 valence electrons. The van der Waals surface area contributed by atoms with E-state index in [9.17, 15) is 4.79 Å². The van der Waals surface area contributed by atoms with E-state index >= 15 is 0 Å². The molecule has 2 rings (SSSR count). The van der Waals surface area contributed by atoms with Crippen LogP contribution >= 0.6 is 11.8 Å². The number of nitrogens with one attached hydrogen (secondary N) is 1. The molecule has 0 fully saturated rings. The van der Waals surface area contributed by atoms with E-state index in [-0.39, 0.29) is 5.69 Å². The lowest BCUT2D eigenvalue weighted by molar-refractivity contribution is 0.660. The van der Waals surface area contributed by atoms with Gasteiger partial charge >= 0.3 is 5.69 Å². The molecule has 5 nitrogen and oxygen atoms in total. The van der Waals surface area contributed by atoms with E-state index in [0.717, 1.165) is 23.0 Å². The fourth-order valence-corrected chi connectivity index (χ4v) is 2.64. The van der Waals surface area contributed by atoms with Crippen molar-refractivity contribution in [1.29, 1.82) is 0 Å². The molecule has 1 heterocycles. The minimum absolute atomic E-state index is 0.146. The molecule has 0 aliphatic heterocycles. The van der Waals surface area contributed by atoms with Gasteiger partial charge in [0.15, 0.2) is 5.16 Å². The summed E-state index contributed by atoms with van der Waals surface area (Å²) in [6.45, 7) is 2.57. The van der Waals surface area contributed by atoms with Crippen LogP contribution in [-0.2, 0) is 13.0 Å². The van der Waals surface area contributed by atoms with Crippen molar-refractivity contribution in [2.45, 2.75) is 25.0 Å². The van der Waals surface area contributed by atoms with E-state index in [4.69, 9.17) is 5.73 Å². The van der Waals surface area contributed by atoms with Gasteiger partial charge in [0.05, 0.1) is 0 Å². The van der Waals surface area contributed by atoms with Gasteiger partial charge in [0, 0.05) is 18.0 Å².